The lowest BCUT2D eigenvalue weighted by atomic mass is 10.3. The van der Waals surface area contributed by atoms with Crippen molar-refractivity contribution in [3.63, 3.8) is 0 Å². The highest BCUT2D eigenvalue weighted by Crippen LogP contribution is 2.00. The summed E-state index contributed by atoms with van der Waals surface area (Å²) in [7, 11) is 0. The van der Waals surface area contributed by atoms with Gasteiger partial charge in [0.2, 0.25) is 0 Å². The Hall–Kier alpha value is -0.910. The molecule has 0 amide bonds. The van der Waals surface area contributed by atoms with Crippen LogP contribution < -0.4 is 5.32 Å². The maximum absolute atomic E-state index is 9.43. The number of aryl methyl sites for hydroxylation is 1. The molecule has 5 heteroatoms. The molecular formula is C10H18N2O3. The van der Waals surface area contributed by atoms with Crippen molar-refractivity contribution in [3.8, 4) is 0 Å². The highest BCUT2D eigenvalue weighted by atomic mass is 16.5. The Morgan fingerprint density at radius 2 is 2.47 bits per heavy atom. The maximum Gasteiger partial charge on any atom is 0.133 e. The summed E-state index contributed by atoms with van der Waals surface area (Å²) < 4.78 is 9.99. The molecule has 0 saturated carbocycles. The molecule has 0 bridgehead atoms. The lowest BCUT2D eigenvalue weighted by Gasteiger charge is -2.10. The molecule has 0 fully saturated rings. The van der Waals surface area contributed by atoms with E-state index in [-0.39, 0.29) is 0 Å². The van der Waals surface area contributed by atoms with Crippen LogP contribution in [0, 0.1) is 6.92 Å². The summed E-state index contributed by atoms with van der Waals surface area (Å²) in [5.41, 5.74) is 0.844. The van der Waals surface area contributed by atoms with Crippen LogP contribution in [0.25, 0.3) is 0 Å². The fourth-order valence-electron chi connectivity index (χ4n) is 1.18. The molecule has 1 heterocycles. The van der Waals surface area contributed by atoms with Crippen molar-refractivity contribution in [1.29, 1.82) is 0 Å². The number of aliphatic hydroxyl groups is 1. The van der Waals surface area contributed by atoms with Gasteiger partial charge in [-0.05, 0) is 13.8 Å². The topological polar surface area (TPSA) is 67.5 Å². The van der Waals surface area contributed by atoms with Crippen molar-refractivity contribution in [1.82, 2.24) is 10.5 Å². The van der Waals surface area contributed by atoms with Gasteiger partial charge in [0.25, 0.3) is 0 Å². The molecule has 5 nitrogen and oxygen atoms in total. The Bertz CT molecular complexity index is 275. The van der Waals surface area contributed by atoms with E-state index in [1.807, 2.05) is 19.9 Å². The minimum atomic E-state index is -0.474. The Balaban J connectivity index is 2.10. The molecule has 2 N–H and O–H groups in total. The van der Waals surface area contributed by atoms with Crippen molar-refractivity contribution in [2.45, 2.75) is 26.5 Å². The monoisotopic (exact) mass is 214 g/mol. The average Bonchev–Trinajstić information content (AvgIpc) is 2.61. The number of ether oxygens (including phenoxy) is 1. The van der Waals surface area contributed by atoms with Crippen LogP contribution in [0.3, 0.4) is 0 Å². The predicted molar refractivity (Wildman–Crippen MR) is 55.4 cm³/mol. The van der Waals surface area contributed by atoms with Crippen LogP contribution in [0.15, 0.2) is 10.6 Å². The van der Waals surface area contributed by atoms with Gasteiger partial charge >= 0.3 is 0 Å². The van der Waals surface area contributed by atoms with Crippen molar-refractivity contribution in [2.75, 3.05) is 19.8 Å². The number of nitrogens with one attached hydrogen (secondary N) is 1. The molecule has 1 atom stereocenters. The molecule has 0 aromatic carbocycles. The fraction of sp³-hybridized carbons (Fsp3) is 0.700. The van der Waals surface area contributed by atoms with E-state index < -0.39 is 6.10 Å². The van der Waals surface area contributed by atoms with E-state index in [2.05, 4.69) is 10.5 Å². The molecule has 1 aromatic rings. The van der Waals surface area contributed by atoms with Crippen LogP contribution in [-0.4, -0.2) is 36.1 Å². The van der Waals surface area contributed by atoms with E-state index in [0.717, 1.165) is 11.5 Å². The fourth-order valence-corrected chi connectivity index (χ4v) is 1.18. The van der Waals surface area contributed by atoms with Crippen LogP contribution in [-0.2, 0) is 11.3 Å². The van der Waals surface area contributed by atoms with E-state index in [9.17, 15) is 5.11 Å². The third-order valence-electron chi connectivity index (χ3n) is 1.88. The molecule has 0 aliphatic carbocycles. The first-order valence-electron chi connectivity index (χ1n) is 5.11. The van der Waals surface area contributed by atoms with Crippen LogP contribution in [0.1, 0.15) is 18.4 Å². The molecule has 0 radical (unpaired) electrons. The first kappa shape index (κ1) is 12.2. The molecule has 15 heavy (non-hydrogen) atoms. The van der Waals surface area contributed by atoms with Crippen LogP contribution in [0.2, 0.25) is 0 Å². The number of aliphatic hydroxyl groups excluding tert-OH is 1. The largest absolute Gasteiger partial charge is 0.389 e. The number of hydrogen-bond acceptors (Lipinski definition) is 5. The zero-order chi connectivity index (χ0) is 11.1. The van der Waals surface area contributed by atoms with Crippen molar-refractivity contribution in [2.24, 2.45) is 0 Å². The summed E-state index contributed by atoms with van der Waals surface area (Å²) in [5, 5.41) is 16.3. The quantitative estimate of drug-likeness (QED) is 0.690. The van der Waals surface area contributed by atoms with Gasteiger partial charge in [0, 0.05) is 25.8 Å². The summed E-state index contributed by atoms with van der Waals surface area (Å²) in [6.07, 6.45) is -0.474. The number of rotatable bonds is 7. The highest BCUT2D eigenvalue weighted by Gasteiger charge is 2.04. The van der Waals surface area contributed by atoms with E-state index >= 15 is 0 Å². The normalized spacial score (nSPS) is 13.0. The Morgan fingerprint density at radius 1 is 1.67 bits per heavy atom. The molecular weight excluding hydrogens is 196 g/mol. The summed E-state index contributed by atoms with van der Waals surface area (Å²) >= 11 is 0. The molecule has 0 aliphatic rings. The van der Waals surface area contributed by atoms with Gasteiger partial charge in [0.15, 0.2) is 0 Å². The second kappa shape index (κ2) is 6.55. The average molecular weight is 214 g/mol. The van der Waals surface area contributed by atoms with Gasteiger partial charge in [-0.15, -0.1) is 0 Å². The molecule has 1 unspecified atom stereocenters. The zero-order valence-electron chi connectivity index (χ0n) is 9.19. The van der Waals surface area contributed by atoms with E-state index in [1.54, 1.807) is 0 Å². The second-order valence-corrected chi connectivity index (χ2v) is 3.37. The SMILES string of the molecule is CCOCC(O)CNCc1cc(C)on1. The first-order valence-corrected chi connectivity index (χ1v) is 5.11. The Labute approximate surface area is 89.4 Å². The van der Waals surface area contributed by atoms with Crippen molar-refractivity contribution >= 4 is 0 Å². The van der Waals surface area contributed by atoms with Crippen molar-refractivity contribution in [3.05, 3.63) is 17.5 Å². The number of nitrogens with zero attached hydrogens (tertiary/aromatic N) is 1. The van der Waals surface area contributed by atoms with Gasteiger partial charge in [-0.25, -0.2) is 0 Å². The smallest absolute Gasteiger partial charge is 0.133 e. The first-order chi connectivity index (χ1) is 7.22. The molecule has 0 aliphatic heterocycles. The minimum Gasteiger partial charge on any atom is -0.389 e. The van der Waals surface area contributed by atoms with Gasteiger partial charge in [-0.2, -0.15) is 0 Å². The Kier molecular flexibility index (Phi) is 5.31. The van der Waals surface area contributed by atoms with E-state index in [0.29, 0.717) is 26.3 Å². The molecule has 0 saturated heterocycles. The van der Waals surface area contributed by atoms with Gasteiger partial charge in [0.05, 0.1) is 18.4 Å². The van der Waals surface area contributed by atoms with Crippen LogP contribution in [0.5, 0.6) is 0 Å². The standard InChI is InChI=1S/C10H18N2O3/c1-3-14-7-10(13)6-11-5-9-4-8(2)15-12-9/h4,10-11,13H,3,5-7H2,1-2H3. The van der Waals surface area contributed by atoms with E-state index in [1.165, 1.54) is 0 Å². The lowest BCUT2D eigenvalue weighted by molar-refractivity contribution is 0.0426. The third kappa shape index (κ3) is 4.92. The highest BCUT2D eigenvalue weighted by molar-refractivity contribution is 5.02. The zero-order valence-corrected chi connectivity index (χ0v) is 9.19. The van der Waals surface area contributed by atoms with Crippen LogP contribution in [0.4, 0.5) is 0 Å². The van der Waals surface area contributed by atoms with Crippen LogP contribution >= 0.6 is 0 Å². The molecule has 0 spiro atoms. The minimum absolute atomic E-state index is 0.362. The third-order valence-corrected chi connectivity index (χ3v) is 1.88. The van der Waals surface area contributed by atoms with Gasteiger partial charge in [-0.1, -0.05) is 5.16 Å². The van der Waals surface area contributed by atoms with Gasteiger partial charge in [0.1, 0.15) is 5.76 Å². The summed E-state index contributed by atoms with van der Waals surface area (Å²) in [5.74, 6) is 0.793. The summed E-state index contributed by atoms with van der Waals surface area (Å²) in [6.45, 7) is 5.83. The predicted octanol–water partition coefficient (Wildman–Crippen LogP) is 0.470. The van der Waals surface area contributed by atoms with E-state index in [4.69, 9.17) is 9.26 Å². The number of hydrogen-bond donors (Lipinski definition) is 2. The second-order valence-electron chi connectivity index (χ2n) is 3.37. The molecule has 86 valence electrons. The lowest BCUT2D eigenvalue weighted by Crippen LogP contribution is -2.30. The van der Waals surface area contributed by atoms with Gasteiger partial charge < -0.3 is 19.7 Å². The van der Waals surface area contributed by atoms with Gasteiger partial charge in [-0.3, -0.25) is 0 Å². The summed E-state index contributed by atoms with van der Waals surface area (Å²) in [6, 6.07) is 1.86. The Morgan fingerprint density at radius 3 is 3.07 bits per heavy atom. The summed E-state index contributed by atoms with van der Waals surface area (Å²) in [4.78, 5) is 0. The maximum atomic E-state index is 9.43. The number of aromatic nitrogens is 1. The molecule has 1 aromatic heterocycles. The van der Waals surface area contributed by atoms with Crippen molar-refractivity contribution < 1.29 is 14.4 Å². The molecule has 1 rings (SSSR count).